The molecule has 1 heterocycles. The lowest BCUT2D eigenvalue weighted by atomic mass is 9.97. The van der Waals surface area contributed by atoms with E-state index in [1.807, 2.05) is 59.6 Å². The number of nitrogens with zero attached hydrogens (tertiary/aromatic N) is 2. The summed E-state index contributed by atoms with van der Waals surface area (Å²) < 4.78 is 16.6. The van der Waals surface area contributed by atoms with Crippen molar-refractivity contribution < 1.29 is 14.2 Å². The van der Waals surface area contributed by atoms with Gasteiger partial charge in [0.05, 0.1) is 48.8 Å². The Kier molecular flexibility index (Phi) is 6.25. The molecule has 0 unspecified atom stereocenters. The lowest BCUT2D eigenvalue weighted by Gasteiger charge is -2.25. The first kappa shape index (κ1) is 21.3. The number of methoxy groups -OCH3 is 3. The van der Waals surface area contributed by atoms with E-state index in [-0.39, 0.29) is 6.04 Å². The molecule has 160 valence electrons. The van der Waals surface area contributed by atoms with Crippen molar-refractivity contribution >= 4 is 34.6 Å². The van der Waals surface area contributed by atoms with Gasteiger partial charge in [0.25, 0.3) is 0 Å². The highest BCUT2D eigenvalue weighted by Gasteiger charge is 2.31. The molecule has 0 bridgehead atoms. The summed E-state index contributed by atoms with van der Waals surface area (Å²) in [4.78, 5) is 0. The fourth-order valence-corrected chi connectivity index (χ4v) is 4.03. The molecule has 31 heavy (non-hydrogen) atoms. The highest BCUT2D eigenvalue weighted by atomic mass is 35.5. The van der Waals surface area contributed by atoms with Gasteiger partial charge in [0.2, 0.25) is 5.75 Å². The van der Waals surface area contributed by atoms with Crippen LogP contribution in [0.3, 0.4) is 0 Å². The van der Waals surface area contributed by atoms with Gasteiger partial charge in [-0.05, 0) is 47.5 Å². The van der Waals surface area contributed by atoms with Gasteiger partial charge in [0.1, 0.15) is 0 Å². The molecule has 0 saturated carbocycles. The van der Waals surface area contributed by atoms with Gasteiger partial charge in [-0.1, -0.05) is 47.5 Å². The van der Waals surface area contributed by atoms with Crippen LogP contribution >= 0.6 is 23.2 Å². The van der Waals surface area contributed by atoms with Gasteiger partial charge in [-0.2, -0.15) is 5.10 Å². The Bertz CT molecular complexity index is 1090. The summed E-state index contributed by atoms with van der Waals surface area (Å²) >= 11 is 12.4. The van der Waals surface area contributed by atoms with Crippen LogP contribution in [0.25, 0.3) is 0 Å². The third kappa shape index (κ3) is 4.16. The topological polar surface area (TPSA) is 43.3 Å². The molecule has 5 nitrogen and oxygen atoms in total. The molecule has 1 aliphatic heterocycles. The monoisotopic (exact) mass is 456 g/mol. The molecule has 0 N–H and O–H groups in total. The average molecular weight is 457 g/mol. The Balaban J connectivity index is 1.80. The lowest BCUT2D eigenvalue weighted by molar-refractivity contribution is 0.323. The van der Waals surface area contributed by atoms with Crippen molar-refractivity contribution in [2.75, 3.05) is 26.3 Å². The number of anilines is 1. The highest BCUT2D eigenvalue weighted by Crippen LogP contribution is 2.44. The van der Waals surface area contributed by atoms with E-state index < -0.39 is 0 Å². The van der Waals surface area contributed by atoms with Gasteiger partial charge < -0.3 is 14.2 Å². The van der Waals surface area contributed by atoms with Crippen molar-refractivity contribution in [2.24, 2.45) is 5.10 Å². The molecular formula is C24H22Cl2N2O3. The van der Waals surface area contributed by atoms with Crippen molar-refractivity contribution in [1.82, 2.24) is 0 Å². The molecule has 1 aliphatic rings. The van der Waals surface area contributed by atoms with Gasteiger partial charge in [-0.3, -0.25) is 5.01 Å². The molecule has 0 spiro atoms. The summed E-state index contributed by atoms with van der Waals surface area (Å²) in [5.41, 5.74) is 3.83. The predicted molar refractivity (Wildman–Crippen MR) is 125 cm³/mol. The zero-order valence-electron chi connectivity index (χ0n) is 17.4. The number of benzene rings is 3. The maximum atomic E-state index is 6.26. The minimum Gasteiger partial charge on any atom is -0.493 e. The quantitative estimate of drug-likeness (QED) is 0.431. The van der Waals surface area contributed by atoms with E-state index in [0.717, 1.165) is 22.5 Å². The molecule has 0 amide bonds. The number of hydrogen-bond acceptors (Lipinski definition) is 5. The Labute approximate surface area is 191 Å². The van der Waals surface area contributed by atoms with E-state index >= 15 is 0 Å². The second kappa shape index (κ2) is 9.08. The van der Waals surface area contributed by atoms with Crippen LogP contribution in [-0.4, -0.2) is 27.0 Å². The van der Waals surface area contributed by atoms with Crippen LogP contribution in [-0.2, 0) is 0 Å². The lowest BCUT2D eigenvalue weighted by Crippen LogP contribution is -2.18. The number of rotatable bonds is 6. The summed E-state index contributed by atoms with van der Waals surface area (Å²) in [6.45, 7) is 0. The minimum absolute atomic E-state index is 0.0689. The van der Waals surface area contributed by atoms with E-state index in [0.29, 0.717) is 33.7 Å². The Morgan fingerprint density at radius 2 is 1.52 bits per heavy atom. The molecule has 0 aromatic heterocycles. The van der Waals surface area contributed by atoms with Crippen molar-refractivity contribution in [3.05, 3.63) is 81.8 Å². The Morgan fingerprint density at radius 1 is 0.839 bits per heavy atom. The zero-order chi connectivity index (χ0) is 22.0. The van der Waals surface area contributed by atoms with E-state index in [1.54, 1.807) is 27.4 Å². The van der Waals surface area contributed by atoms with Crippen LogP contribution in [0, 0.1) is 0 Å². The molecule has 7 heteroatoms. The predicted octanol–water partition coefficient (Wildman–Crippen LogP) is 6.37. The third-order valence-corrected chi connectivity index (χ3v) is 5.99. The molecule has 3 aromatic rings. The van der Waals surface area contributed by atoms with Crippen LogP contribution in [0.5, 0.6) is 17.2 Å². The van der Waals surface area contributed by atoms with E-state index in [1.165, 1.54) is 0 Å². The van der Waals surface area contributed by atoms with Crippen molar-refractivity contribution in [3.8, 4) is 17.2 Å². The van der Waals surface area contributed by atoms with Crippen LogP contribution in [0.1, 0.15) is 23.6 Å². The van der Waals surface area contributed by atoms with Gasteiger partial charge in [0.15, 0.2) is 11.5 Å². The molecular weight excluding hydrogens is 435 g/mol. The summed E-state index contributed by atoms with van der Waals surface area (Å²) in [5, 5.41) is 7.98. The number of hydrazone groups is 1. The second-order valence-corrected chi connectivity index (χ2v) is 7.85. The summed E-state index contributed by atoms with van der Waals surface area (Å²) in [6.07, 6.45) is 0.672. The molecule has 0 fully saturated rings. The molecule has 0 aliphatic carbocycles. The molecule has 0 radical (unpaired) electrons. The number of para-hydroxylation sites is 1. The van der Waals surface area contributed by atoms with Gasteiger partial charge >= 0.3 is 0 Å². The largest absolute Gasteiger partial charge is 0.493 e. The second-order valence-electron chi connectivity index (χ2n) is 7.03. The fourth-order valence-electron chi connectivity index (χ4n) is 3.73. The number of hydrogen-bond donors (Lipinski definition) is 0. The van der Waals surface area contributed by atoms with Crippen LogP contribution < -0.4 is 19.2 Å². The maximum absolute atomic E-state index is 6.26. The van der Waals surface area contributed by atoms with Gasteiger partial charge in [0, 0.05) is 6.42 Å². The van der Waals surface area contributed by atoms with Crippen molar-refractivity contribution in [3.63, 3.8) is 0 Å². The Hall–Kier alpha value is -2.89. The number of halogens is 2. The summed E-state index contributed by atoms with van der Waals surface area (Å²) in [7, 11) is 4.82. The van der Waals surface area contributed by atoms with Crippen LogP contribution in [0.2, 0.25) is 10.0 Å². The average Bonchev–Trinajstić information content (AvgIpc) is 3.26. The summed E-state index contributed by atoms with van der Waals surface area (Å²) in [6, 6.07) is 19.5. The molecule has 3 aromatic carbocycles. The Morgan fingerprint density at radius 3 is 2.10 bits per heavy atom. The van der Waals surface area contributed by atoms with E-state index in [4.69, 9.17) is 42.5 Å². The smallest absolute Gasteiger partial charge is 0.203 e. The van der Waals surface area contributed by atoms with Crippen LogP contribution in [0.15, 0.2) is 65.8 Å². The standard InChI is InChI=1S/C24H22Cl2N2O3/c1-29-22-12-16(13-23(30-2)24(22)31-3)21-14-20(15-9-10-18(25)19(26)11-15)27-28(21)17-7-5-4-6-8-17/h4-13,21H,14H2,1-3H3/t21-/m0/s1. The van der Waals surface area contributed by atoms with Crippen LogP contribution in [0.4, 0.5) is 5.69 Å². The first-order chi connectivity index (χ1) is 15.0. The maximum Gasteiger partial charge on any atom is 0.203 e. The normalized spacial score (nSPS) is 15.6. The van der Waals surface area contributed by atoms with Crippen molar-refractivity contribution in [2.45, 2.75) is 12.5 Å². The molecule has 1 atom stereocenters. The molecule has 4 rings (SSSR count). The van der Waals surface area contributed by atoms with E-state index in [2.05, 4.69) is 0 Å². The number of ether oxygens (including phenoxy) is 3. The first-order valence-electron chi connectivity index (χ1n) is 9.72. The SMILES string of the molecule is COc1cc([C@@H]2CC(c3ccc(Cl)c(Cl)c3)=NN2c2ccccc2)cc(OC)c1OC. The fraction of sp³-hybridized carbons (Fsp3) is 0.208. The molecule has 0 saturated heterocycles. The van der Waals surface area contributed by atoms with E-state index in [9.17, 15) is 0 Å². The minimum atomic E-state index is -0.0689. The van der Waals surface area contributed by atoms with Crippen molar-refractivity contribution in [1.29, 1.82) is 0 Å². The zero-order valence-corrected chi connectivity index (χ0v) is 18.9. The third-order valence-electron chi connectivity index (χ3n) is 5.26. The summed E-state index contributed by atoms with van der Waals surface area (Å²) in [5.74, 6) is 1.77. The highest BCUT2D eigenvalue weighted by molar-refractivity contribution is 6.42. The van der Waals surface area contributed by atoms with Gasteiger partial charge in [-0.25, -0.2) is 0 Å². The van der Waals surface area contributed by atoms with Gasteiger partial charge in [-0.15, -0.1) is 0 Å². The first-order valence-corrected chi connectivity index (χ1v) is 10.5.